The summed E-state index contributed by atoms with van der Waals surface area (Å²) in [5.41, 5.74) is 1.87. The van der Waals surface area contributed by atoms with Crippen LogP contribution in [0.1, 0.15) is 22.3 Å². The van der Waals surface area contributed by atoms with E-state index in [-0.39, 0.29) is 11.3 Å². The number of hydrogen-bond donors (Lipinski definition) is 0. The molecule has 19 heavy (non-hydrogen) atoms. The molecule has 0 N–H and O–H groups in total. The molecule has 0 aliphatic rings. The molecule has 92 valence electrons. The van der Waals surface area contributed by atoms with E-state index in [9.17, 15) is 10.1 Å². The van der Waals surface area contributed by atoms with E-state index < -0.39 is 4.92 Å². The van der Waals surface area contributed by atoms with Crippen molar-refractivity contribution in [2.75, 3.05) is 0 Å². The Morgan fingerprint density at radius 2 is 1.58 bits per heavy atom. The molecular formula is C14H9N3O2. The quantitative estimate of drug-likeness (QED) is 0.575. The second-order valence-electron chi connectivity index (χ2n) is 4.21. The minimum atomic E-state index is -0.474. The maximum absolute atomic E-state index is 10.8. The largest absolute Gasteiger partial charge is 0.270 e. The van der Waals surface area contributed by atoms with Crippen molar-refractivity contribution in [2.45, 2.75) is 13.8 Å². The highest BCUT2D eigenvalue weighted by atomic mass is 16.6. The molecule has 0 saturated carbocycles. The van der Waals surface area contributed by atoms with Crippen LogP contribution in [0.4, 0.5) is 5.69 Å². The van der Waals surface area contributed by atoms with Crippen molar-refractivity contribution >= 4 is 16.5 Å². The molecule has 2 aromatic carbocycles. The zero-order chi connectivity index (χ0) is 14.2. The van der Waals surface area contributed by atoms with Gasteiger partial charge in [0.2, 0.25) is 0 Å². The summed E-state index contributed by atoms with van der Waals surface area (Å²) in [5.74, 6) is 0. The number of aryl methyl sites for hydroxylation is 2. The van der Waals surface area contributed by atoms with Gasteiger partial charge in [0.25, 0.3) is 5.69 Å². The maximum atomic E-state index is 10.8. The predicted octanol–water partition coefficient (Wildman–Crippen LogP) is 3.11. The number of benzene rings is 2. The van der Waals surface area contributed by atoms with E-state index in [0.717, 1.165) is 5.39 Å². The molecule has 0 spiro atoms. The summed E-state index contributed by atoms with van der Waals surface area (Å²) >= 11 is 0. The number of nitrogens with zero attached hydrogens (tertiary/aromatic N) is 3. The Balaban J connectivity index is 3.00. The van der Waals surface area contributed by atoms with Gasteiger partial charge in [-0.15, -0.1) is 0 Å². The van der Waals surface area contributed by atoms with E-state index in [4.69, 9.17) is 10.5 Å². The van der Waals surface area contributed by atoms with Crippen LogP contribution in [0.5, 0.6) is 0 Å². The van der Waals surface area contributed by atoms with E-state index in [1.807, 2.05) is 12.1 Å². The number of nitriles is 2. The van der Waals surface area contributed by atoms with Gasteiger partial charge in [-0.05, 0) is 41.8 Å². The Hall–Kier alpha value is -2.92. The molecule has 0 heterocycles. The number of hydrogen-bond acceptors (Lipinski definition) is 4. The highest BCUT2D eigenvalue weighted by molar-refractivity contribution is 5.94. The van der Waals surface area contributed by atoms with Crippen LogP contribution >= 0.6 is 0 Å². The molecule has 0 aliphatic carbocycles. The van der Waals surface area contributed by atoms with E-state index in [1.165, 1.54) is 12.1 Å². The topological polar surface area (TPSA) is 90.7 Å². The average Bonchev–Trinajstić information content (AvgIpc) is 2.41. The predicted molar refractivity (Wildman–Crippen MR) is 69.5 cm³/mol. The normalized spacial score (nSPS) is 9.89. The molecule has 0 unspecified atom stereocenters. The van der Waals surface area contributed by atoms with Gasteiger partial charge in [-0.1, -0.05) is 0 Å². The van der Waals surface area contributed by atoms with Crippen molar-refractivity contribution in [3.63, 3.8) is 0 Å². The zero-order valence-electron chi connectivity index (χ0n) is 10.4. The fraction of sp³-hybridized carbons (Fsp3) is 0.143. The molecular weight excluding hydrogens is 242 g/mol. The number of non-ortho nitro benzene ring substituents is 1. The monoisotopic (exact) mass is 251 g/mol. The summed E-state index contributed by atoms with van der Waals surface area (Å²) in [5, 5.41) is 30.5. The Bertz CT molecular complexity index is 795. The molecule has 5 nitrogen and oxygen atoms in total. The minimum Gasteiger partial charge on any atom is -0.258 e. The Kier molecular flexibility index (Phi) is 2.90. The molecule has 5 heteroatoms. The Labute approximate surface area is 109 Å². The second-order valence-corrected chi connectivity index (χ2v) is 4.21. The summed E-state index contributed by atoms with van der Waals surface area (Å²) in [6, 6.07) is 8.50. The van der Waals surface area contributed by atoms with Crippen molar-refractivity contribution in [2.24, 2.45) is 0 Å². The van der Waals surface area contributed by atoms with Gasteiger partial charge in [-0.3, -0.25) is 10.1 Å². The van der Waals surface area contributed by atoms with Crippen LogP contribution in [0.3, 0.4) is 0 Å². The summed E-state index contributed by atoms with van der Waals surface area (Å²) in [6.45, 7) is 3.44. The number of nitro groups is 1. The van der Waals surface area contributed by atoms with Crippen LogP contribution in [0.2, 0.25) is 0 Å². The van der Waals surface area contributed by atoms with Gasteiger partial charge in [-0.25, -0.2) is 0 Å². The third-order valence-corrected chi connectivity index (χ3v) is 3.25. The summed E-state index contributed by atoms with van der Waals surface area (Å²) in [4.78, 5) is 10.3. The van der Waals surface area contributed by atoms with E-state index >= 15 is 0 Å². The van der Waals surface area contributed by atoms with Gasteiger partial charge in [0.05, 0.1) is 16.1 Å². The highest BCUT2D eigenvalue weighted by Crippen LogP contribution is 2.31. The molecule has 0 atom stereocenters. The Morgan fingerprint density at radius 3 is 2.05 bits per heavy atom. The fourth-order valence-electron chi connectivity index (χ4n) is 2.21. The highest BCUT2D eigenvalue weighted by Gasteiger charge is 2.16. The minimum absolute atomic E-state index is 0.0244. The number of rotatable bonds is 1. The molecule has 0 radical (unpaired) electrons. The maximum Gasteiger partial charge on any atom is 0.270 e. The van der Waals surface area contributed by atoms with E-state index in [1.54, 1.807) is 19.9 Å². The van der Waals surface area contributed by atoms with Crippen molar-refractivity contribution in [1.82, 2.24) is 0 Å². The van der Waals surface area contributed by atoms with Crippen molar-refractivity contribution < 1.29 is 4.92 Å². The molecule has 0 bridgehead atoms. The average molecular weight is 251 g/mol. The third kappa shape index (κ3) is 1.78. The smallest absolute Gasteiger partial charge is 0.258 e. The lowest BCUT2D eigenvalue weighted by molar-refractivity contribution is -0.384. The molecule has 2 rings (SSSR count). The molecule has 2 aromatic rings. The van der Waals surface area contributed by atoms with Crippen LogP contribution in [0, 0.1) is 46.6 Å². The van der Waals surface area contributed by atoms with Gasteiger partial charge in [0, 0.05) is 12.1 Å². The van der Waals surface area contributed by atoms with Crippen molar-refractivity contribution in [3.05, 3.63) is 50.6 Å². The van der Waals surface area contributed by atoms with Gasteiger partial charge in [-0.2, -0.15) is 10.5 Å². The van der Waals surface area contributed by atoms with Crippen molar-refractivity contribution in [1.29, 1.82) is 10.5 Å². The van der Waals surface area contributed by atoms with Crippen molar-refractivity contribution in [3.8, 4) is 12.1 Å². The summed E-state index contributed by atoms with van der Waals surface area (Å²) in [6.07, 6.45) is 0. The van der Waals surface area contributed by atoms with E-state index in [2.05, 4.69) is 0 Å². The zero-order valence-corrected chi connectivity index (χ0v) is 10.4. The third-order valence-electron chi connectivity index (χ3n) is 3.25. The lowest BCUT2D eigenvalue weighted by atomic mass is 9.91. The lowest BCUT2D eigenvalue weighted by Gasteiger charge is -2.10. The molecule has 0 saturated heterocycles. The van der Waals surface area contributed by atoms with Crippen LogP contribution in [0.15, 0.2) is 18.2 Å². The molecule has 0 aromatic heterocycles. The van der Waals surface area contributed by atoms with Gasteiger partial charge < -0.3 is 0 Å². The second kappa shape index (κ2) is 4.40. The number of nitro benzene ring substituents is 1. The number of fused-ring (bicyclic) bond motifs is 1. The first-order valence-electron chi connectivity index (χ1n) is 5.52. The van der Waals surface area contributed by atoms with Gasteiger partial charge >= 0.3 is 0 Å². The Morgan fingerprint density at radius 1 is 1.05 bits per heavy atom. The van der Waals surface area contributed by atoms with Crippen LogP contribution < -0.4 is 0 Å². The van der Waals surface area contributed by atoms with Gasteiger partial charge in [0.15, 0.2) is 0 Å². The van der Waals surface area contributed by atoms with Crippen LogP contribution in [0.25, 0.3) is 10.8 Å². The lowest BCUT2D eigenvalue weighted by Crippen LogP contribution is -1.97. The van der Waals surface area contributed by atoms with E-state index in [0.29, 0.717) is 22.1 Å². The fourth-order valence-corrected chi connectivity index (χ4v) is 2.21. The van der Waals surface area contributed by atoms with Crippen LogP contribution in [-0.4, -0.2) is 4.92 Å². The summed E-state index contributed by atoms with van der Waals surface area (Å²) in [7, 11) is 0. The van der Waals surface area contributed by atoms with Gasteiger partial charge in [0.1, 0.15) is 12.1 Å². The first-order valence-corrected chi connectivity index (χ1v) is 5.52. The molecule has 0 amide bonds. The SMILES string of the molecule is Cc1c(C#N)c(C#N)c(C)c2cc([N+](=O)[O-])ccc12. The first-order chi connectivity index (χ1) is 9.01. The first kappa shape index (κ1) is 12.5. The standard InChI is InChI=1S/C14H9N3O2/c1-8-11-4-3-10(17(18)19)5-12(11)9(2)14(7-16)13(8)6-15/h3-5H,1-2H3. The summed E-state index contributed by atoms with van der Waals surface area (Å²) < 4.78 is 0. The van der Waals surface area contributed by atoms with Crippen LogP contribution in [-0.2, 0) is 0 Å². The molecule has 0 fully saturated rings. The molecule has 0 aliphatic heterocycles.